The van der Waals surface area contributed by atoms with E-state index in [1.54, 1.807) is 12.4 Å². The van der Waals surface area contributed by atoms with E-state index in [9.17, 15) is 4.39 Å². The minimum absolute atomic E-state index is 0.224. The Morgan fingerprint density at radius 2 is 2.29 bits per heavy atom. The van der Waals surface area contributed by atoms with Gasteiger partial charge in [-0.15, -0.1) is 0 Å². The Labute approximate surface area is 108 Å². The molecule has 3 nitrogen and oxygen atoms in total. The summed E-state index contributed by atoms with van der Waals surface area (Å²) in [7, 11) is 0. The van der Waals surface area contributed by atoms with Crippen molar-refractivity contribution in [3.63, 3.8) is 0 Å². The summed E-state index contributed by atoms with van der Waals surface area (Å²) < 4.78 is 13.7. The first-order valence-corrected chi connectivity index (χ1v) is 6.17. The molecule has 0 radical (unpaired) electrons. The van der Waals surface area contributed by atoms with Crippen molar-refractivity contribution in [1.29, 1.82) is 0 Å². The zero-order chi connectivity index (χ0) is 12.1. The molecular weight excluding hydrogens is 285 g/mol. The van der Waals surface area contributed by atoms with Gasteiger partial charge < -0.3 is 10.3 Å². The molecule has 0 amide bonds. The first kappa shape index (κ1) is 12.3. The predicted molar refractivity (Wildman–Crippen MR) is 68.1 cm³/mol. The maximum absolute atomic E-state index is 12.9. The molecule has 0 spiro atoms. The molecule has 0 atom stereocenters. The van der Waals surface area contributed by atoms with Gasteiger partial charge in [0.15, 0.2) is 0 Å². The Morgan fingerprint density at radius 3 is 3.00 bits per heavy atom. The molecule has 5 heteroatoms. The van der Waals surface area contributed by atoms with Crippen LogP contribution in [-0.2, 0) is 13.0 Å². The van der Waals surface area contributed by atoms with Gasteiger partial charge in [0.25, 0.3) is 0 Å². The van der Waals surface area contributed by atoms with Crippen LogP contribution in [0.25, 0.3) is 0 Å². The summed E-state index contributed by atoms with van der Waals surface area (Å²) in [5.74, 6) is -0.224. The summed E-state index contributed by atoms with van der Waals surface area (Å²) in [4.78, 5) is 7.00. The van der Waals surface area contributed by atoms with Crippen molar-refractivity contribution < 1.29 is 4.39 Å². The number of imidazole rings is 1. The average molecular weight is 298 g/mol. The SMILES string of the molecule is Fc1ccc(CNCCc2cnc[nH]2)c(Br)c1. The lowest BCUT2D eigenvalue weighted by Crippen LogP contribution is -2.17. The van der Waals surface area contributed by atoms with E-state index in [2.05, 4.69) is 31.2 Å². The smallest absolute Gasteiger partial charge is 0.124 e. The zero-order valence-electron chi connectivity index (χ0n) is 9.21. The fraction of sp³-hybridized carbons (Fsp3) is 0.250. The van der Waals surface area contributed by atoms with Crippen molar-refractivity contribution in [2.75, 3.05) is 6.54 Å². The monoisotopic (exact) mass is 297 g/mol. The lowest BCUT2D eigenvalue weighted by molar-refractivity contribution is 0.623. The van der Waals surface area contributed by atoms with Crippen LogP contribution >= 0.6 is 15.9 Å². The summed E-state index contributed by atoms with van der Waals surface area (Å²) in [6, 6.07) is 4.73. The Morgan fingerprint density at radius 1 is 1.41 bits per heavy atom. The van der Waals surface area contributed by atoms with Gasteiger partial charge in [-0.3, -0.25) is 0 Å². The zero-order valence-corrected chi connectivity index (χ0v) is 10.8. The molecule has 0 fully saturated rings. The van der Waals surface area contributed by atoms with Crippen LogP contribution in [0.1, 0.15) is 11.3 Å². The Hall–Kier alpha value is -1.20. The summed E-state index contributed by atoms with van der Waals surface area (Å²) in [5, 5.41) is 3.30. The average Bonchev–Trinajstić information content (AvgIpc) is 2.79. The molecule has 0 aliphatic carbocycles. The molecule has 0 aliphatic heterocycles. The number of hydrogen-bond acceptors (Lipinski definition) is 2. The van der Waals surface area contributed by atoms with Crippen molar-refractivity contribution in [3.05, 3.63) is 52.3 Å². The number of rotatable bonds is 5. The van der Waals surface area contributed by atoms with Gasteiger partial charge >= 0.3 is 0 Å². The first-order chi connectivity index (χ1) is 8.25. The van der Waals surface area contributed by atoms with Crippen molar-refractivity contribution in [3.8, 4) is 0 Å². The highest BCUT2D eigenvalue weighted by Crippen LogP contribution is 2.17. The molecule has 1 aromatic carbocycles. The highest BCUT2D eigenvalue weighted by atomic mass is 79.9. The van der Waals surface area contributed by atoms with E-state index in [1.807, 2.05) is 6.20 Å². The maximum atomic E-state index is 12.9. The van der Waals surface area contributed by atoms with Crippen LogP contribution in [0.2, 0.25) is 0 Å². The number of nitrogens with zero attached hydrogens (tertiary/aromatic N) is 1. The molecule has 1 aromatic heterocycles. The van der Waals surface area contributed by atoms with Gasteiger partial charge in [0.1, 0.15) is 5.82 Å². The van der Waals surface area contributed by atoms with Crippen LogP contribution in [0.15, 0.2) is 35.2 Å². The molecule has 0 saturated heterocycles. The maximum Gasteiger partial charge on any atom is 0.124 e. The van der Waals surface area contributed by atoms with Gasteiger partial charge in [-0.25, -0.2) is 9.37 Å². The van der Waals surface area contributed by atoms with E-state index in [0.717, 1.165) is 35.2 Å². The predicted octanol–water partition coefficient (Wildman–Crippen LogP) is 2.64. The number of nitrogens with one attached hydrogen (secondary N) is 2. The number of benzene rings is 1. The van der Waals surface area contributed by atoms with Gasteiger partial charge in [-0.1, -0.05) is 22.0 Å². The summed E-state index contributed by atoms with van der Waals surface area (Å²) in [6.45, 7) is 1.57. The quantitative estimate of drug-likeness (QED) is 0.833. The molecule has 0 unspecified atom stereocenters. The van der Waals surface area contributed by atoms with Crippen molar-refractivity contribution in [1.82, 2.24) is 15.3 Å². The van der Waals surface area contributed by atoms with Crippen LogP contribution in [0.3, 0.4) is 0 Å². The van der Waals surface area contributed by atoms with Gasteiger partial charge in [0.2, 0.25) is 0 Å². The first-order valence-electron chi connectivity index (χ1n) is 5.37. The fourth-order valence-corrected chi connectivity index (χ4v) is 2.02. The van der Waals surface area contributed by atoms with Gasteiger partial charge in [0.05, 0.1) is 6.33 Å². The van der Waals surface area contributed by atoms with E-state index < -0.39 is 0 Å². The molecule has 0 bridgehead atoms. The molecule has 0 saturated carbocycles. The topological polar surface area (TPSA) is 40.7 Å². The number of aromatic nitrogens is 2. The van der Waals surface area contributed by atoms with E-state index >= 15 is 0 Å². The number of aromatic amines is 1. The summed E-state index contributed by atoms with van der Waals surface area (Å²) >= 11 is 3.34. The Balaban J connectivity index is 1.78. The lowest BCUT2D eigenvalue weighted by Gasteiger charge is -2.06. The normalized spacial score (nSPS) is 10.7. The third kappa shape index (κ3) is 3.64. The molecule has 1 heterocycles. The number of H-pyrrole nitrogens is 1. The standard InChI is InChI=1S/C12H13BrFN3/c13-12-5-10(14)2-1-9(12)6-15-4-3-11-7-16-8-17-11/h1-2,5,7-8,15H,3-4,6H2,(H,16,17). The van der Waals surface area contributed by atoms with Gasteiger partial charge in [-0.05, 0) is 17.7 Å². The number of halogens is 2. The molecule has 2 aromatic rings. The largest absolute Gasteiger partial charge is 0.348 e. The highest BCUT2D eigenvalue weighted by molar-refractivity contribution is 9.10. The molecular formula is C12H13BrFN3. The van der Waals surface area contributed by atoms with Crippen LogP contribution in [0.4, 0.5) is 4.39 Å². The van der Waals surface area contributed by atoms with Crippen molar-refractivity contribution in [2.45, 2.75) is 13.0 Å². The Kier molecular flexibility index (Phi) is 4.28. The fourth-order valence-electron chi connectivity index (χ4n) is 1.53. The van der Waals surface area contributed by atoms with E-state index in [0.29, 0.717) is 0 Å². The second-order valence-electron chi connectivity index (χ2n) is 3.74. The molecule has 2 rings (SSSR count). The third-order valence-corrected chi connectivity index (χ3v) is 3.19. The summed E-state index contributed by atoms with van der Waals surface area (Å²) in [6.07, 6.45) is 4.39. The molecule has 2 N–H and O–H groups in total. The van der Waals surface area contributed by atoms with Crippen molar-refractivity contribution >= 4 is 15.9 Å². The second kappa shape index (κ2) is 5.93. The summed E-state index contributed by atoms with van der Waals surface area (Å²) in [5.41, 5.74) is 2.16. The molecule has 90 valence electrons. The van der Waals surface area contributed by atoms with Crippen LogP contribution in [0, 0.1) is 5.82 Å². The lowest BCUT2D eigenvalue weighted by atomic mass is 10.2. The van der Waals surface area contributed by atoms with Crippen LogP contribution in [-0.4, -0.2) is 16.5 Å². The van der Waals surface area contributed by atoms with Gasteiger partial charge in [0, 0.05) is 35.9 Å². The Bertz CT molecular complexity index is 471. The molecule has 0 aliphatic rings. The highest BCUT2D eigenvalue weighted by Gasteiger charge is 2.01. The van der Waals surface area contributed by atoms with Crippen LogP contribution < -0.4 is 5.32 Å². The minimum Gasteiger partial charge on any atom is -0.348 e. The molecule has 17 heavy (non-hydrogen) atoms. The van der Waals surface area contributed by atoms with E-state index in [4.69, 9.17) is 0 Å². The van der Waals surface area contributed by atoms with E-state index in [1.165, 1.54) is 12.1 Å². The minimum atomic E-state index is -0.224. The van der Waals surface area contributed by atoms with Crippen molar-refractivity contribution in [2.24, 2.45) is 0 Å². The third-order valence-electron chi connectivity index (χ3n) is 2.46. The van der Waals surface area contributed by atoms with E-state index in [-0.39, 0.29) is 5.82 Å². The van der Waals surface area contributed by atoms with Gasteiger partial charge in [-0.2, -0.15) is 0 Å². The number of hydrogen-bond donors (Lipinski definition) is 2. The van der Waals surface area contributed by atoms with Crippen LogP contribution in [0.5, 0.6) is 0 Å². The second-order valence-corrected chi connectivity index (χ2v) is 4.59.